The lowest BCUT2D eigenvalue weighted by Crippen LogP contribution is -2.26. The Labute approximate surface area is 98.4 Å². The van der Waals surface area contributed by atoms with Gasteiger partial charge in [-0.1, -0.05) is 0 Å². The number of furan rings is 1. The molecule has 2 N–H and O–H groups in total. The number of aromatic nitrogens is 2. The van der Waals surface area contributed by atoms with Crippen LogP contribution in [0.15, 0.2) is 27.2 Å². The van der Waals surface area contributed by atoms with Crippen molar-refractivity contribution in [2.45, 2.75) is 19.0 Å². The second kappa shape index (κ2) is 4.31. The minimum absolute atomic E-state index is 0.266. The maximum absolute atomic E-state index is 5.84. The van der Waals surface area contributed by atoms with Crippen molar-refractivity contribution in [3.8, 4) is 11.7 Å². The van der Waals surface area contributed by atoms with Crippen molar-refractivity contribution in [1.82, 2.24) is 15.1 Å². The molecule has 3 heterocycles. The van der Waals surface area contributed by atoms with Crippen LogP contribution < -0.4 is 5.73 Å². The number of nitrogens with zero attached hydrogens (tertiary/aromatic N) is 3. The van der Waals surface area contributed by atoms with Gasteiger partial charge in [-0.2, -0.15) is 0 Å². The first-order valence-electron chi connectivity index (χ1n) is 5.65. The summed E-state index contributed by atoms with van der Waals surface area (Å²) in [5, 5.41) is 7.95. The van der Waals surface area contributed by atoms with Gasteiger partial charge in [-0.05, 0) is 18.6 Å². The van der Waals surface area contributed by atoms with Crippen molar-refractivity contribution in [3.05, 3.63) is 24.3 Å². The van der Waals surface area contributed by atoms with Crippen molar-refractivity contribution < 1.29 is 8.83 Å². The van der Waals surface area contributed by atoms with Gasteiger partial charge in [0.15, 0.2) is 5.76 Å². The fourth-order valence-electron chi connectivity index (χ4n) is 2.01. The van der Waals surface area contributed by atoms with Gasteiger partial charge in [-0.15, -0.1) is 10.2 Å². The van der Waals surface area contributed by atoms with Gasteiger partial charge >= 0.3 is 0 Å². The van der Waals surface area contributed by atoms with Crippen LogP contribution in [0.4, 0.5) is 0 Å². The van der Waals surface area contributed by atoms with E-state index >= 15 is 0 Å². The van der Waals surface area contributed by atoms with E-state index in [1.54, 1.807) is 18.4 Å². The van der Waals surface area contributed by atoms with Crippen LogP contribution in [0.25, 0.3) is 11.7 Å². The van der Waals surface area contributed by atoms with Gasteiger partial charge in [0.1, 0.15) is 0 Å². The van der Waals surface area contributed by atoms with Gasteiger partial charge in [0.05, 0.1) is 12.8 Å². The Balaban J connectivity index is 1.69. The summed E-state index contributed by atoms with van der Waals surface area (Å²) < 4.78 is 10.7. The van der Waals surface area contributed by atoms with E-state index in [-0.39, 0.29) is 6.04 Å². The zero-order chi connectivity index (χ0) is 11.7. The van der Waals surface area contributed by atoms with E-state index < -0.39 is 0 Å². The highest BCUT2D eigenvalue weighted by Gasteiger charge is 2.21. The van der Waals surface area contributed by atoms with Crippen LogP contribution in [0.5, 0.6) is 0 Å². The molecule has 1 atom stereocenters. The lowest BCUT2D eigenvalue weighted by atomic mass is 10.3. The second-order valence-electron chi connectivity index (χ2n) is 4.26. The van der Waals surface area contributed by atoms with E-state index in [4.69, 9.17) is 14.6 Å². The Morgan fingerprint density at radius 1 is 1.47 bits per heavy atom. The van der Waals surface area contributed by atoms with Gasteiger partial charge in [0.25, 0.3) is 5.89 Å². The Hall–Kier alpha value is -1.66. The fraction of sp³-hybridized carbons (Fsp3) is 0.455. The van der Waals surface area contributed by atoms with E-state index in [1.807, 2.05) is 0 Å². The third-order valence-electron chi connectivity index (χ3n) is 2.87. The van der Waals surface area contributed by atoms with Crippen molar-refractivity contribution in [1.29, 1.82) is 0 Å². The molecular formula is C11H14N4O2. The molecule has 6 nitrogen and oxygen atoms in total. The highest BCUT2D eigenvalue weighted by Crippen LogP contribution is 2.19. The molecule has 1 aliphatic rings. The molecule has 1 aliphatic heterocycles. The third kappa shape index (κ3) is 2.22. The van der Waals surface area contributed by atoms with E-state index in [9.17, 15) is 0 Å². The molecule has 1 saturated heterocycles. The molecule has 3 rings (SSSR count). The van der Waals surface area contributed by atoms with E-state index in [0.717, 1.165) is 19.5 Å². The molecule has 0 aromatic carbocycles. The summed E-state index contributed by atoms with van der Waals surface area (Å²) in [6, 6.07) is 3.85. The molecule has 0 amide bonds. The van der Waals surface area contributed by atoms with Crippen molar-refractivity contribution in [2.75, 3.05) is 13.1 Å². The quantitative estimate of drug-likeness (QED) is 0.848. The number of rotatable bonds is 3. The molecule has 2 aromatic rings. The lowest BCUT2D eigenvalue weighted by Gasteiger charge is -2.11. The van der Waals surface area contributed by atoms with Crippen molar-refractivity contribution >= 4 is 0 Å². The number of nitrogens with two attached hydrogens (primary N) is 1. The molecule has 17 heavy (non-hydrogen) atoms. The van der Waals surface area contributed by atoms with Crippen molar-refractivity contribution in [2.24, 2.45) is 5.73 Å². The van der Waals surface area contributed by atoms with Gasteiger partial charge in [0.2, 0.25) is 5.89 Å². The van der Waals surface area contributed by atoms with Crippen LogP contribution in [-0.4, -0.2) is 34.2 Å². The topological polar surface area (TPSA) is 81.3 Å². The molecule has 0 radical (unpaired) electrons. The largest absolute Gasteiger partial charge is 0.459 e. The van der Waals surface area contributed by atoms with Crippen LogP contribution >= 0.6 is 0 Å². The van der Waals surface area contributed by atoms with Crippen LogP contribution in [-0.2, 0) is 6.54 Å². The first-order valence-corrected chi connectivity index (χ1v) is 5.65. The summed E-state index contributed by atoms with van der Waals surface area (Å²) in [7, 11) is 0. The number of likely N-dealkylation sites (tertiary alicyclic amines) is 1. The molecule has 1 fully saturated rings. The number of hydrogen-bond donors (Lipinski definition) is 1. The predicted octanol–water partition coefficient (Wildman–Crippen LogP) is 0.863. The molecular weight excluding hydrogens is 220 g/mol. The summed E-state index contributed by atoms with van der Waals surface area (Å²) in [6.45, 7) is 2.53. The third-order valence-corrected chi connectivity index (χ3v) is 2.87. The lowest BCUT2D eigenvalue weighted by molar-refractivity contribution is 0.288. The van der Waals surface area contributed by atoms with E-state index in [1.165, 1.54) is 0 Å². The van der Waals surface area contributed by atoms with Gasteiger partial charge in [0, 0.05) is 19.1 Å². The minimum atomic E-state index is 0.266. The smallest absolute Gasteiger partial charge is 0.283 e. The first kappa shape index (κ1) is 10.5. The predicted molar refractivity (Wildman–Crippen MR) is 59.9 cm³/mol. The molecule has 0 spiro atoms. The summed E-state index contributed by atoms with van der Waals surface area (Å²) in [6.07, 6.45) is 2.61. The SMILES string of the molecule is N[C@H]1CCN(Cc2nnc(-c3ccco3)o2)C1. The Morgan fingerprint density at radius 2 is 2.41 bits per heavy atom. The molecule has 2 aromatic heterocycles. The molecule has 0 unspecified atom stereocenters. The molecule has 6 heteroatoms. The number of hydrogen-bond acceptors (Lipinski definition) is 6. The highest BCUT2D eigenvalue weighted by molar-refractivity contribution is 5.42. The van der Waals surface area contributed by atoms with Crippen LogP contribution in [0.1, 0.15) is 12.3 Å². The molecule has 0 bridgehead atoms. The van der Waals surface area contributed by atoms with Gasteiger partial charge in [-0.3, -0.25) is 4.90 Å². The summed E-state index contributed by atoms with van der Waals surface area (Å²) >= 11 is 0. The normalized spacial score (nSPS) is 21.1. The van der Waals surface area contributed by atoms with Gasteiger partial charge < -0.3 is 14.6 Å². The minimum Gasteiger partial charge on any atom is -0.459 e. The highest BCUT2D eigenvalue weighted by atomic mass is 16.4. The summed E-state index contributed by atoms with van der Waals surface area (Å²) in [5.74, 6) is 1.63. The summed E-state index contributed by atoms with van der Waals surface area (Å²) in [4.78, 5) is 2.21. The summed E-state index contributed by atoms with van der Waals surface area (Å²) in [5.41, 5.74) is 5.84. The molecule has 0 saturated carbocycles. The maximum atomic E-state index is 5.84. The standard InChI is InChI=1S/C11H14N4O2/c12-8-3-4-15(6-8)7-10-13-14-11(17-10)9-2-1-5-16-9/h1-2,5,8H,3-4,6-7,12H2/t8-/m0/s1. The van der Waals surface area contributed by atoms with Crippen LogP contribution in [0, 0.1) is 0 Å². The van der Waals surface area contributed by atoms with Gasteiger partial charge in [-0.25, -0.2) is 0 Å². The second-order valence-corrected chi connectivity index (χ2v) is 4.26. The van der Waals surface area contributed by atoms with Crippen LogP contribution in [0.2, 0.25) is 0 Å². The fourth-order valence-corrected chi connectivity index (χ4v) is 2.01. The zero-order valence-electron chi connectivity index (χ0n) is 9.37. The van der Waals surface area contributed by atoms with E-state index in [2.05, 4.69) is 15.1 Å². The monoisotopic (exact) mass is 234 g/mol. The van der Waals surface area contributed by atoms with Crippen molar-refractivity contribution in [3.63, 3.8) is 0 Å². The Morgan fingerprint density at radius 3 is 3.12 bits per heavy atom. The maximum Gasteiger partial charge on any atom is 0.283 e. The van der Waals surface area contributed by atoms with Crippen LogP contribution in [0.3, 0.4) is 0 Å². The molecule has 0 aliphatic carbocycles. The first-order chi connectivity index (χ1) is 8.31. The Kier molecular flexibility index (Phi) is 2.66. The molecule has 90 valence electrons. The van der Waals surface area contributed by atoms with E-state index in [0.29, 0.717) is 24.1 Å². The average molecular weight is 234 g/mol. The zero-order valence-corrected chi connectivity index (χ0v) is 9.37. The Bertz CT molecular complexity index is 479. The average Bonchev–Trinajstić information content (AvgIpc) is 3.00.